The van der Waals surface area contributed by atoms with E-state index in [1.54, 1.807) is 0 Å². The molecular formula is C23H30F3N5O3. The van der Waals surface area contributed by atoms with Gasteiger partial charge in [0.05, 0.1) is 18.1 Å². The molecule has 1 aromatic heterocycles. The third kappa shape index (κ3) is 3.14. The molecule has 6 aliphatic rings. The van der Waals surface area contributed by atoms with E-state index in [1.165, 1.54) is 0 Å². The third-order valence-corrected chi connectivity index (χ3v) is 9.41. The smallest absolute Gasteiger partial charge is 0.382 e. The largest absolute Gasteiger partial charge is 0.396 e. The van der Waals surface area contributed by atoms with Crippen molar-refractivity contribution in [2.24, 2.45) is 16.2 Å². The molecule has 0 aromatic carbocycles. The van der Waals surface area contributed by atoms with Crippen LogP contribution in [0, 0.1) is 16.2 Å². The molecule has 2 N–H and O–H groups in total. The lowest BCUT2D eigenvalue weighted by Gasteiger charge is -2.63. The van der Waals surface area contributed by atoms with Gasteiger partial charge in [0, 0.05) is 42.9 Å². The van der Waals surface area contributed by atoms with Crippen molar-refractivity contribution in [1.29, 1.82) is 0 Å². The number of nitrogens with zero attached hydrogens (tertiary/aromatic N) is 4. The fourth-order valence-electron chi connectivity index (χ4n) is 6.66. The molecule has 2 aliphatic heterocycles. The molecule has 8 nitrogen and oxygen atoms in total. The zero-order valence-electron chi connectivity index (χ0n) is 19.0. The van der Waals surface area contributed by atoms with Gasteiger partial charge in [-0.2, -0.15) is 18.3 Å². The van der Waals surface area contributed by atoms with Gasteiger partial charge in [-0.1, -0.05) is 0 Å². The summed E-state index contributed by atoms with van der Waals surface area (Å²) >= 11 is 0. The van der Waals surface area contributed by atoms with E-state index in [1.807, 2.05) is 9.80 Å². The number of halogens is 3. The summed E-state index contributed by atoms with van der Waals surface area (Å²) in [4.78, 5) is 21.1. The SMILES string of the molecule is O=C(N1CC2(CC(OCC3(C(F)(F)F)CC3)C2)C1)N1CC2(CC(c3nc(C4(O)CC4)n[nH]3)C2)C1. The van der Waals surface area contributed by atoms with E-state index in [2.05, 4.69) is 15.2 Å². The lowest BCUT2D eigenvalue weighted by molar-refractivity contribution is -0.219. The number of nitrogens with one attached hydrogen (secondary N) is 1. The first-order valence-corrected chi connectivity index (χ1v) is 12.4. The summed E-state index contributed by atoms with van der Waals surface area (Å²) in [6, 6.07) is 0.0796. The van der Waals surface area contributed by atoms with E-state index in [0.717, 1.165) is 57.4 Å². The lowest BCUT2D eigenvalue weighted by Crippen LogP contribution is -2.71. The molecule has 7 rings (SSSR count). The molecule has 4 aliphatic carbocycles. The molecule has 186 valence electrons. The summed E-state index contributed by atoms with van der Waals surface area (Å²) in [7, 11) is 0. The molecule has 0 bridgehead atoms. The summed E-state index contributed by atoms with van der Waals surface area (Å²) in [5.74, 6) is 1.67. The van der Waals surface area contributed by atoms with Gasteiger partial charge in [-0.25, -0.2) is 9.78 Å². The van der Waals surface area contributed by atoms with Crippen LogP contribution in [-0.4, -0.2) is 81.2 Å². The molecule has 2 amide bonds. The first kappa shape index (κ1) is 21.4. The molecule has 1 aromatic rings. The highest BCUT2D eigenvalue weighted by Crippen LogP contribution is 2.59. The quantitative estimate of drug-likeness (QED) is 0.675. The van der Waals surface area contributed by atoms with Crippen molar-refractivity contribution in [3.63, 3.8) is 0 Å². The topological polar surface area (TPSA) is 94.6 Å². The number of H-pyrrole nitrogens is 1. The van der Waals surface area contributed by atoms with Crippen molar-refractivity contribution < 1.29 is 27.8 Å². The van der Waals surface area contributed by atoms with E-state index in [9.17, 15) is 23.1 Å². The minimum Gasteiger partial charge on any atom is -0.382 e. The van der Waals surface area contributed by atoms with E-state index >= 15 is 0 Å². The number of hydrogen-bond donors (Lipinski definition) is 2. The molecule has 0 unspecified atom stereocenters. The average molecular weight is 482 g/mol. The Morgan fingerprint density at radius 2 is 1.62 bits per heavy atom. The first-order chi connectivity index (χ1) is 16.0. The second-order valence-electron chi connectivity index (χ2n) is 12.3. The van der Waals surface area contributed by atoms with Crippen molar-refractivity contribution >= 4 is 6.03 Å². The summed E-state index contributed by atoms with van der Waals surface area (Å²) in [6.07, 6.45) is 0.997. The maximum absolute atomic E-state index is 13.0. The number of likely N-dealkylation sites (tertiary alicyclic amines) is 2. The fraction of sp³-hybridized carbons (Fsp3) is 0.870. The number of amides is 2. The van der Waals surface area contributed by atoms with Gasteiger partial charge in [-0.15, -0.1) is 0 Å². The first-order valence-electron chi connectivity index (χ1n) is 12.4. The molecule has 0 radical (unpaired) electrons. The van der Waals surface area contributed by atoms with Crippen LogP contribution in [-0.2, 0) is 10.3 Å². The lowest BCUT2D eigenvalue weighted by atomic mass is 9.57. The highest BCUT2D eigenvalue weighted by molar-refractivity contribution is 5.77. The van der Waals surface area contributed by atoms with Crippen LogP contribution in [0.4, 0.5) is 18.0 Å². The number of aromatic amines is 1. The van der Waals surface area contributed by atoms with Crippen molar-refractivity contribution in [2.75, 3.05) is 32.8 Å². The van der Waals surface area contributed by atoms with Crippen LogP contribution in [0.1, 0.15) is 68.9 Å². The normalized spacial score (nSPS) is 29.9. The van der Waals surface area contributed by atoms with Gasteiger partial charge < -0.3 is 19.6 Å². The Morgan fingerprint density at radius 1 is 1.03 bits per heavy atom. The second-order valence-corrected chi connectivity index (χ2v) is 12.3. The van der Waals surface area contributed by atoms with Crippen molar-refractivity contribution in [3.8, 4) is 0 Å². The molecule has 0 atom stereocenters. The molecular weight excluding hydrogens is 451 g/mol. The van der Waals surface area contributed by atoms with Crippen molar-refractivity contribution in [1.82, 2.24) is 25.0 Å². The number of hydrogen-bond acceptors (Lipinski definition) is 5. The monoisotopic (exact) mass is 481 g/mol. The predicted molar refractivity (Wildman–Crippen MR) is 112 cm³/mol. The number of aromatic nitrogens is 3. The Labute approximate surface area is 195 Å². The second kappa shape index (κ2) is 6.46. The maximum atomic E-state index is 13.0. The van der Waals surface area contributed by atoms with Crippen LogP contribution in [0.3, 0.4) is 0 Å². The minimum absolute atomic E-state index is 0.0506. The van der Waals surface area contributed by atoms with Gasteiger partial charge in [0.25, 0.3) is 0 Å². The summed E-state index contributed by atoms with van der Waals surface area (Å²) in [6.45, 7) is 2.69. The van der Waals surface area contributed by atoms with Gasteiger partial charge in [-0.3, -0.25) is 5.10 Å². The average Bonchev–Trinajstić information content (AvgIpc) is 3.55. The van der Waals surface area contributed by atoms with Gasteiger partial charge >= 0.3 is 12.2 Å². The summed E-state index contributed by atoms with van der Waals surface area (Å²) in [5.41, 5.74) is -2.19. The van der Waals surface area contributed by atoms with Gasteiger partial charge in [-0.05, 0) is 51.4 Å². The molecule has 2 spiro atoms. The van der Waals surface area contributed by atoms with E-state index < -0.39 is 17.2 Å². The van der Waals surface area contributed by atoms with Crippen LogP contribution >= 0.6 is 0 Å². The Hall–Kier alpha value is -1.88. The zero-order valence-corrected chi connectivity index (χ0v) is 19.0. The van der Waals surface area contributed by atoms with E-state index in [0.29, 0.717) is 24.8 Å². The van der Waals surface area contributed by atoms with Gasteiger partial charge in [0.2, 0.25) is 0 Å². The Balaban J connectivity index is 0.832. The number of carbonyl (C=O) groups is 1. The van der Waals surface area contributed by atoms with E-state index in [4.69, 9.17) is 4.74 Å². The van der Waals surface area contributed by atoms with Crippen molar-refractivity contribution in [3.05, 3.63) is 11.6 Å². The Kier molecular flexibility index (Phi) is 4.07. The molecule has 11 heteroatoms. The highest BCUT2D eigenvalue weighted by Gasteiger charge is 2.64. The Morgan fingerprint density at radius 3 is 2.15 bits per heavy atom. The van der Waals surface area contributed by atoms with Crippen LogP contribution < -0.4 is 0 Å². The Bertz CT molecular complexity index is 1010. The summed E-state index contributed by atoms with van der Waals surface area (Å²) in [5, 5.41) is 17.3. The standard InChI is InChI=1S/C23H30F3N5O3/c24-23(25,26)21(1-2-21)13-34-15-7-20(8-15)11-31(12-20)18(32)30-9-19(10-30)5-14(6-19)16-27-17(29-28-16)22(33)3-4-22/h14-15,33H,1-13H2,(H,27,28,29). The maximum Gasteiger partial charge on any atom is 0.396 e. The molecule has 2 saturated heterocycles. The molecule has 4 saturated carbocycles. The molecule has 6 fully saturated rings. The molecule has 34 heavy (non-hydrogen) atoms. The number of alkyl halides is 3. The number of rotatable bonds is 5. The van der Waals surface area contributed by atoms with Crippen molar-refractivity contribution in [2.45, 2.75) is 75.2 Å². The van der Waals surface area contributed by atoms with Crippen LogP contribution in [0.2, 0.25) is 0 Å². The summed E-state index contributed by atoms with van der Waals surface area (Å²) < 4.78 is 44.7. The van der Waals surface area contributed by atoms with Crippen LogP contribution in [0.5, 0.6) is 0 Å². The third-order valence-electron chi connectivity index (χ3n) is 9.41. The van der Waals surface area contributed by atoms with Crippen LogP contribution in [0.15, 0.2) is 0 Å². The zero-order chi connectivity index (χ0) is 23.6. The number of ether oxygens (including phenoxy) is 1. The number of aliphatic hydroxyl groups is 1. The predicted octanol–water partition coefficient (Wildman–Crippen LogP) is 2.91. The fourth-order valence-corrected chi connectivity index (χ4v) is 6.66. The molecule has 3 heterocycles. The highest BCUT2D eigenvalue weighted by atomic mass is 19.4. The minimum atomic E-state index is -4.17. The van der Waals surface area contributed by atoms with E-state index in [-0.39, 0.29) is 42.4 Å². The van der Waals surface area contributed by atoms with Gasteiger partial charge in [0.1, 0.15) is 11.4 Å². The van der Waals surface area contributed by atoms with Crippen LogP contribution in [0.25, 0.3) is 0 Å². The number of urea groups is 1. The van der Waals surface area contributed by atoms with Gasteiger partial charge in [0.15, 0.2) is 5.82 Å². The number of carbonyl (C=O) groups excluding carboxylic acids is 1.